The lowest BCUT2D eigenvalue weighted by molar-refractivity contribution is -0.125. The number of ether oxygens (including phenoxy) is 3. The normalized spacial score (nSPS) is 18.1. The van der Waals surface area contributed by atoms with Crippen molar-refractivity contribution in [3.8, 4) is 17.2 Å². The standard InChI is InChI=1S/C24H30N2O5/c1-15(2)25-23(27)19-14-26(24(28)16-9-7-6-8-10-16)13-18(19)17-11-20(29-3)22(31-5)21(12-17)30-4/h6-12,15,18-19H,13-14H2,1-5H3,(H,25,27)/t18-,19-/m1/s1. The molecule has 0 saturated carbocycles. The predicted octanol–water partition coefficient (Wildman–Crippen LogP) is 3.09. The molecule has 166 valence electrons. The van der Waals surface area contributed by atoms with Crippen LogP contribution < -0.4 is 19.5 Å². The van der Waals surface area contributed by atoms with Crippen molar-refractivity contribution in [1.82, 2.24) is 10.2 Å². The van der Waals surface area contributed by atoms with Crippen molar-refractivity contribution in [2.45, 2.75) is 25.8 Å². The third kappa shape index (κ3) is 4.76. The van der Waals surface area contributed by atoms with Crippen LogP contribution in [0.3, 0.4) is 0 Å². The summed E-state index contributed by atoms with van der Waals surface area (Å²) in [5.41, 5.74) is 1.47. The summed E-state index contributed by atoms with van der Waals surface area (Å²) in [6, 6.07) is 12.9. The van der Waals surface area contributed by atoms with Gasteiger partial charge in [-0.1, -0.05) is 18.2 Å². The summed E-state index contributed by atoms with van der Waals surface area (Å²) in [5, 5.41) is 3.00. The van der Waals surface area contributed by atoms with Gasteiger partial charge in [-0.25, -0.2) is 0 Å². The number of benzene rings is 2. The van der Waals surface area contributed by atoms with Crippen LogP contribution >= 0.6 is 0 Å². The zero-order valence-corrected chi connectivity index (χ0v) is 18.7. The molecule has 0 spiro atoms. The van der Waals surface area contributed by atoms with E-state index < -0.39 is 5.92 Å². The number of nitrogens with one attached hydrogen (secondary N) is 1. The van der Waals surface area contributed by atoms with Gasteiger partial charge in [0, 0.05) is 30.6 Å². The van der Waals surface area contributed by atoms with Crippen LogP contribution in [0, 0.1) is 5.92 Å². The second kappa shape index (κ2) is 9.73. The highest BCUT2D eigenvalue weighted by Gasteiger charge is 2.41. The van der Waals surface area contributed by atoms with Gasteiger partial charge in [-0.3, -0.25) is 9.59 Å². The van der Waals surface area contributed by atoms with Gasteiger partial charge >= 0.3 is 0 Å². The van der Waals surface area contributed by atoms with E-state index in [0.29, 0.717) is 35.9 Å². The van der Waals surface area contributed by atoms with Gasteiger partial charge in [0.1, 0.15) is 0 Å². The Morgan fingerprint density at radius 2 is 1.58 bits per heavy atom. The molecule has 1 N–H and O–H groups in total. The summed E-state index contributed by atoms with van der Waals surface area (Å²) >= 11 is 0. The first-order chi connectivity index (χ1) is 14.9. The van der Waals surface area contributed by atoms with Crippen LogP contribution in [0.4, 0.5) is 0 Å². The molecule has 1 heterocycles. The second-order valence-electron chi connectivity index (χ2n) is 7.91. The number of methoxy groups -OCH3 is 3. The van der Waals surface area contributed by atoms with E-state index >= 15 is 0 Å². The van der Waals surface area contributed by atoms with Crippen molar-refractivity contribution in [2.75, 3.05) is 34.4 Å². The van der Waals surface area contributed by atoms with Crippen LogP contribution in [0.1, 0.15) is 35.7 Å². The second-order valence-corrected chi connectivity index (χ2v) is 7.91. The molecule has 1 aliphatic rings. The minimum absolute atomic E-state index is 0.00645. The molecule has 7 heteroatoms. The molecule has 0 bridgehead atoms. The van der Waals surface area contributed by atoms with Crippen molar-refractivity contribution in [2.24, 2.45) is 5.92 Å². The van der Waals surface area contributed by atoms with E-state index in [1.807, 2.05) is 44.2 Å². The lowest BCUT2D eigenvalue weighted by Crippen LogP contribution is -2.39. The molecule has 2 atom stereocenters. The number of likely N-dealkylation sites (tertiary alicyclic amines) is 1. The van der Waals surface area contributed by atoms with Crippen LogP contribution in [0.25, 0.3) is 0 Å². The first-order valence-electron chi connectivity index (χ1n) is 10.3. The van der Waals surface area contributed by atoms with E-state index in [1.54, 1.807) is 38.4 Å². The van der Waals surface area contributed by atoms with Gasteiger partial charge < -0.3 is 24.4 Å². The number of hydrogen-bond donors (Lipinski definition) is 1. The summed E-state index contributed by atoms with van der Waals surface area (Å²) < 4.78 is 16.4. The molecular formula is C24H30N2O5. The Labute approximate surface area is 183 Å². The van der Waals surface area contributed by atoms with E-state index in [1.165, 1.54) is 0 Å². The third-order valence-corrected chi connectivity index (χ3v) is 5.51. The maximum atomic E-state index is 13.1. The largest absolute Gasteiger partial charge is 0.493 e. The van der Waals surface area contributed by atoms with Gasteiger partial charge in [-0.15, -0.1) is 0 Å². The zero-order valence-electron chi connectivity index (χ0n) is 18.7. The smallest absolute Gasteiger partial charge is 0.253 e. The Bertz CT molecular complexity index is 904. The molecule has 0 unspecified atom stereocenters. The summed E-state index contributed by atoms with van der Waals surface area (Å²) in [4.78, 5) is 27.9. The van der Waals surface area contributed by atoms with Crippen molar-refractivity contribution in [3.05, 3.63) is 53.6 Å². The van der Waals surface area contributed by atoms with E-state index in [0.717, 1.165) is 5.56 Å². The predicted molar refractivity (Wildman–Crippen MR) is 118 cm³/mol. The third-order valence-electron chi connectivity index (χ3n) is 5.51. The topological polar surface area (TPSA) is 77.1 Å². The van der Waals surface area contributed by atoms with Gasteiger partial charge in [0.2, 0.25) is 11.7 Å². The number of amides is 2. The molecule has 0 aromatic heterocycles. The lowest BCUT2D eigenvalue weighted by Gasteiger charge is -2.21. The van der Waals surface area contributed by atoms with Gasteiger partial charge in [0.25, 0.3) is 5.91 Å². The van der Waals surface area contributed by atoms with Crippen LogP contribution in [-0.4, -0.2) is 57.2 Å². The Balaban J connectivity index is 1.99. The van der Waals surface area contributed by atoms with Crippen molar-refractivity contribution in [1.29, 1.82) is 0 Å². The lowest BCUT2D eigenvalue weighted by atomic mass is 9.87. The minimum atomic E-state index is -0.391. The minimum Gasteiger partial charge on any atom is -0.493 e. The van der Waals surface area contributed by atoms with Crippen molar-refractivity contribution in [3.63, 3.8) is 0 Å². The fourth-order valence-corrected chi connectivity index (χ4v) is 4.04. The van der Waals surface area contributed by atoms with Crippen LogP contribution in [0.15, 0.2) is 42.5 Å². The van der Waals surface area contributed by atoms with E-state index in [4.69, 9.17) is 14.2 Å². The average molecular weight is 427 g/mol. The number of nitrogens with zero attached hydrogens (tertiary/aromatic N) is 1. The van der Waals surface area contributed by atoms with Crippen molar-refractivity contribution < 1.29 is 23.8 Å². The van der Waals surface area contributed by atoms with Gasteiger partial charge in [-0.2, -0.15) is 0 Å². The maximum absolute atomic E-state index is 13.1. The number of carbonyl (C=O) groups excluding carboxylic acids is 2. The molecule has 1 fully saturated rings. The monoisotopic (exact) mass is 426 g/mol. The molecule has 0 radical (unpaired) electrons. The first-order valence-corrected chi connectivity index (χ1v) is 10.3. The number of rotatable bonds is 7. The highest BCUT2D eigenvalue weighted by Crippen LogP contribution is 2.43. The van der Waals surface area contributed by atoms with E-state index in [-0.39, 0.29) is 23.8 Å². The molecule has 2 aromatic rings. The molecule has 2 amide bonds. The highest BCUT2D eigenvalue weighted by molar-refractivity contribution is 5.95. The molecule has 2 aromatic carbocycles. The quantitative estimate of drug-likeness (QED) is 0.736. The van der Waals surface area contributed by atoms with Crippen LogP contribution in [-0.2, 0) is 4.79 Å². The van der Waals surface area contributed by atoms with Crippen molar-refractivity contribution >= 4 is 11.8 Å². The molecular weight excluding hydrogens is 396 g/mol. The Morgan fingerprint density at radius 1 is 0.968 bits per heavy atom. The molecule has 31 heavy (non-hydrogen) atoms. The van der Waals surface area contributed by atoms with Gasteiger partial charge in [0.05, 0.1) is 27.2 Å². The fraction of sp³-hybridized carbons (Fsp3) is 0.417. The summed E-state index contributed by atoms with van der Waals surface area (Å²) in [6.45, 7) is 4.61. The van der Waals surface area contributed by atoms with Crippen LogP contribution in [0.2, 0.25) is 0 Å². The zero-order chi connectivity index (χ0) is 22.5. The average Bonchev–Trinajstić information content (AvgIpc) is 3.23. The Hall–Kier alpha value is -3.22. The SMILES string of the molecule is COc1cc([C@H]2CN(C(=O)c3ccccc3)C[C@H]2C(=O)NC(C)C)cc(OC)c1OC. The highest BCUT2D eigenvalue weighted by atomic mass is 16.5. The molecule has 1 aliphatic heterocycles. The number of hydrogen-bond acceptors (Lipinski definition) is 5. The maximum Gasteiger partial charge on any atom is 0.253 e. The molecule has 7 nitrogen and oxygen atoms in total. The number of carbonyl (C=O) groups is 2. The Kier molecular flexibility index (Phi) is 7.05. The van der Waals surface area contributed by atoms with Crippen LogP contribution in [0.5, 0.6) is 17.2 Å². The fourth-order valence-electron chi connectivity index (χ4n) is 4.04. The summed E-state index contributed by atoms with van der Waals surface area (Å²) in [7, 11) is 4.67. The summed E-state index contributed by atoms with van der Waals surface area (Å²) in [5.74, 6) is 0.778. The van der Waals surface area contributed by atoms with Gasteiger partial charge in [0.15, 0.2) is 11.5 Å². The summed E-state index contributed by atoms with van der Waals surface area (Å²) in [6.07, 6.45) is 0. The van der Waals surface area contributed by atoms with E-state index in [2.05, 4.69) is 5.32 Å². The Morgan fingerprint density at radius 3 is 2.10 bits per heavy atom. The van der Waals surface area contributed by atoms with E-state index in [9.17, 15) is 9.59 Å². The van der Waals surface area contributed by atoms with Gasteiger partial charge in [-0.05, 0) is 43.7 Å². The molecule has 1 saturated heterocycles. The molecule has 0 aliphatic carbocycles. The first kappa shape index (κ1) is 22.5. The molecule has 3 rings (SSSR count).